The third-order valence-corrected chi connectivity index (χ3v) is 6.12. The number of rotatable bonds is 7. The Labute approximate surface area is 237 Å². The Kier molecular flexibility index (Phi) is 8.69. The average Bonchev–Trinajstić information content (AvgIpc) is 2.95. The predicted octanol–water partition coefficient (Wildman–Crippen LogP) is 3.54. The lowest BCUT2D eigenvalue weighted by Crippen LogP contribution is -2.34. The number of nitrogens with one attached hydrogen (secondary N) is 2. The highest BCUT2D eigenvalue weighted by atomic mass is 16.2. The lowest BCUT2D eigenvalue weighted by atomic mass is 10.1. The Morgan fingerprint density at radius 1 is 1.20 bits per heavy atom. The van der Waals surface area contributed by atoms with E-state index in [0.717, 1.165) is 0 Å². The summed E-state index contributed by atoms with van der Waals surface area (Å²) in [6.07, 6.45) is 4.51. The normalized spacial score (nSPS) is 11.5. The van der Waals surface area contributed by atoms with Crippen molar-refractivity contribution in [2.75, 3.05) is 12.3 Å². The van der Waals surface area contributed by atoms with Gasteiger partial charge in [-0.05, 0) is 43.7 Å². The molecule has 0 radical (unpaired) electrons. The second-order valence-electron chi connectivity index (χ2n) is 9.12. The van der Waals surface area contributed by atoms with Gasteiger partial charge >= 0.3 is 0 Å². The molecule has 0 fully saturated rings. The van der Waals surface area contributed by atoms with Crippen molar-refractivity contribution in [3.8, 4) is 17.5 Å². The third kappa shape index (κ3) is 6.20. The number of nitrogen functional groups attached to an aromatic ring is 1. The first-order valence-corrected chi connectivity index (χ1v) is 12.8. The van der Waals surface area contributed by atoms with Crippen LogP contribution in [0.5, 0.6) is 0 Å². The number of fused-ring (bicyclic) bond motifs is 1. The zero-order chi connectivity index (χ0) is 29.5. The molecule has 10 heteroatoms. The molecule has 0 aliphatic rings. The number of anilines is 1. The number of allylic oxidation sites excluding steroid dienone is 1. The molecule has 2 amide bonds. The molecule has 0 saturated carbocycles. The van der Waals surface area contributed by atoms with Crippen molar-refractivity contribution in [1.29, 1.82) is 0 Å². The van der Waals surface area contributed by atoms with Crippen LogP contribution in [0.2, 0.25) is 0 Å². The second-order valence-corrected chi connectivity index (χ2v) is 9.12. The maximum Gasteiger partial charge on any atom is 0.267 e. The highest BCUT2D eigenvalue weighted by molar-refractivity contribution is 6.04. The summed E-state index contributed by atoms with van der Waals surface area (Å²) in [4.78, 5) is 52.1. The molecule has 2 heterocycles. The smallest absolute Gasteiger partial charge is 0.267 e. The van der Waals surface area contributed by atoms with Crippen LogP contribution in [0.25, 0.3) is 16.6 Å². The van der Waals surface area contributed by atoms with Gasteiger partial charge in [0.25, 0.3) is 11.5 Å². The minimum absolute atomic E-state index is 0.0194. The first-order valence-electron chi connectivity index (χ1n) is 12.8. The number of para-hydroxylation sites is 1. The number of carbonyl (C=O) groups is 2. The quantitative estimate of drug-likeness (QED) is 0.238. The Bertz CT molecular complexity index is 1800. The summed E-state index contributed by atoms with van der Waals surface area (Å²) in [6.45, 7) is 8.69. The summed E-state index contributed by atoms with van der Waals surface area (Å²) in [7, 11) is 0. The largest absolute Gasteiger partial charge is 0.383 e. The van der Waals surface area contributed by atoms with Gasteiger partial charge < -0.3 is 16.4 Å². The molecule has 2 aromatic heterocycles. The molecule has 0 spiro atoms. The Morgan fingerprint density at radius 2 is 1.95 bits per heavy atom. The summed E-state index contributed by atoms with van der Waals surface area (Å²) >= 11 is 0. The molecule has 0 saturated heterocycles. The van der Waals surface area contributed by atoms with Gasteiger partial charge in [0.05, 0.1) is 34.9 Å². The van der Waals surface area contributed by atoms with Crippen LogP contribution in [0, 0.1) is 18.8 Å². The van der Waals surface area contributed by atoms with Crippen molar-refractivity contribution >= 4 is 40.4 Å². The fraction of sp³-hybridized carbons (Fsp3) is 0.161. The van der Waals surface area contributed by atoms with E-state index in [1.165, 1.54) is 23.8 Å². The number of aryl methyl sites for hydroxylation is 1. The summed E-state index contributed by atoms with van der Waals surface area (Å²) in [5.74, 6) is 5.45. The number of aliphatic imine (C=N–C) groups is 1. The maximum absolute atomic E-state index is 14.1. The van der Waals surface area contributed by atoms with Gasteiger partial charge in [-0.1, -0.05) is 48.8 Å². The molecule has 0 unspecified atom stereocenters. The maximum atomic E-state index is 14.1. The Hall–Kier alpha value is -5.56. The number of nitrogens with two attached hydrogens (primary N) is 1. The number of amides is 2. The van der Waals surface area contributed by atoms with Gasteiger partial charge in [0.1, 0.15) is 17.2 Å². The second kappa shape index (κ2) is 12.5. The standard InChI is InChI=1S/C31H29N7O3/c1-5-16-34-27-19(2)18-35-28(32)26(27)30(40)36-20(3)29-37-24-15-9-11-22(12-10-17-33-21(4)39)25(24)31(41)38(29)23-13-7-6-8-14-23/h5-9,11,13-16,18,20H,1,17H2,2-4H3,(H2,32,35)(H,33,39)(H,36,40)/b34-16-/t20-/m1/s1. The van der Waals surface area contributed by atoms with Crippen LogP contribution < -0.4 is 21.9 Å². The monoisotopic (exact) mass is 547 g/mol. The van der Waals surface area contributed by atoms with Crippen LogP contribution in [-0.2, 0) is 4.79 Å². The van der Waals surface area contributed by atoms with E-state index in [2.05, 4.69) is 39.0 Å². The van der Waals surface area contributed by atoms with E-state index in [-0.39, 0.29) is 29.4 Å². The number of hydrogen-bond donors (Lipinski definition) is 3. The van der Waals surface area contributed by atoms with E-state index < -0.39 is 11.9 Å². The molecule has 206 valence electrons. The van der Waals surface area contributed by atoms with E-state index in [9.17, 15) is 14.4 Å². The molecule has 0 aliphatic carbocycles. The fourth-order valence-electron chi connectivity index (χ4n) is 4.24. The van der Waals surface area contributed by atoms with Crippen molar-refractivity contribution < 1.29 is 9.59 Å². The molecule has 4 rings (SSSR count). The Morgan fingerprint density at radius 3 is 2.66 bits per heavy atom. The van der Waals surface area contributed by atoms with Crippen LogP contribution >= 0.6 is 0 Å². The summed E-state index contributed by atoms with van der Waals surface area (Å²) < 4.78 is 1.46. The summed E-state index contributed by atoms with van der Waals surface area (Å²) in [5.41, 5.74) is 8.35. The van der Waals surface area contributed by atoms with Gasteiger partial charge in [0, 0.05) is 24.9 Å². The number of benzene rings is 2. The molecule has 1 atom stereocenters. The number of carbonyl (C=O) groups excluding carboxylic acids is 2. The number of aromatic nitrogens is 3. The molecule has 4 aromatic rings. The molecule has 10 nitrogen and oxygen atoms in total. The number of pyridine rings is 1. The lowest BCUT2D eigenvalue weighted by Gasteiger charge is -2.21. The van der Waals surface area contributed by atoms with Gasteiger partial charge in [-0.3, -0.25) is 23.9 Å². The molecular weight excluding hydrogens is 518 g/mol. The number of nitrogens with zero attached hydrogens (tertiary/aromatic N) is 4. The van der Waals surface area contributed by atoms with Crippen molar-refractivity contribution in [2.45, 2.75) is 26.8 Å². The Balaban J connectivity index is 1.84. The van der Waals surface area contributed by atoms with Crippen molar-refractivity contribution in [2.24, 2.45) is 4.99 Å². The van der Waals surface area contributed by atoms with Crippen LogP contribution in [0.3, 0.4) is 0 Å². The first kappa shape index (κ1) is 28.4. The van der Waals surface area contributed by atoms with Crippen molar-refractivity contribution in [3.63, 3.8) is 0 Å². The molecule has 0 aliphatic heterocycles. The van der Waals surface area contributed by atoms with Crippen molar-refractivity contribution in [1.82, 2.24) is 25.2 Å². The van der Waals surface area contributed by atoms with Crippen LogP contribution in [-0.4, -0.2) is 39.1 Å². The van der Waals surface area contributed by atoms with Gasteiger partial charge in [-0.15, -0.1) is 0 Å². The van der Waals surface area contributed by atoms with Gasteiger partial charge in [0.15, 0.2) is 0 Å². The molecular formula is C31H29N7O3. The van der Waals surface area contributed by atoms with E-state index >= 15 is 0 Å². The predicted molar refractivity (Wildman–Crippen MR) is 161 cm³/mol. The van der Waals surface area contributed by atoms with Crippen LogP contribution in [0.15, 0.2) is 77.2 Å². The summed E-state index contributed by atoms with van der Waals surface area (Å²) in [6, 6.07) is 13.5. The minimum Gasteiger partial charge on any atom is -0.383 e. The summed E-state index contributed by atoms with van der Waals surface area (Å²) in [5, 5.41) is 5.85. The highest BCUT2D eigenvalue weighted by Crippen LogP contribution is 2.28. The zero-order valence-electron chi connectivity index (χ0n) is 22.9. The first-order chi connectivity index (χ1) is 19.7. The topological polar surface area (TPSA) is 144 Å². The lowest BCUT2D eigenvalue weighted by molar-refractivity contribution is -0.118. The average molecular weight is 548 g/mol. The van der Waals surface area contributed by atoms with E-state index in [1.807, 2.05) is 6.07 Å². The van der Waals surface area contributed by atoms with E-state index in [0.29, 0.717) is 39.2 Å². The fourth-order valence-corrected chi connectivity index (χ4v) is 4.24. The molecule has 2 aromatic carbocycles. The molecule has 41 heavy (non-hydrogen) atoms. The van der Waals surface area contributed by atoms with Crippen LogP contribution in [0.1, 0.15) is 47.2 Å². The van der Waals surface area contributed by atoms with E-state index in [4.69, 9.17) is 10.7 Å². The third-order valence-electron chi connectivity index (χ3n) is 6.12. The van der Waals surface area contributed by atoms with E-state index in [1.54, 1.807) is 62.5 Å². The molecule has 0 bridgehead atoms. The van der Waals surface area contributed by atoms with Gasteiger partial charge in [-0.25, -0.2) is 9.97 Å². The van der Waals surface area contributed by atoms with Crippen LogP contribution in [0.4, 0.5) is 11.5 Å². The molecule has 4 N–H and O–H groups in total. The minimum atomic E-state index is -0.731. The van der Waals surface area contributed by atoms with Gasteiger partial charge in [-0.2, -0.15) is 0 Å². The van der Waals surface area contributed by atoms with Crippen molar-refractivity contribution in [3.05, 3.63) is 100 Å². The zero-order valence-corrected chi connectivity index (χ0v) is 22.9. The highest BCUT2D eigenvalue weighted by Gasteiger charge is 2.24. The SMILES string of the molecule is C=C/C=N\c1c(C)cnc(N)c1C(=O)N[C@H](C)c1nc2cccc(C#CCNC(C)=O)c2c(=O)n1-c1ccccc1. The number of hydrogen-bond acceptors (Lipinski definition) is 7. The van der Waals surface area contributed by atoms with Gasteiger partial charge in [0.2, 0.25) is 5.91 Å².